The number of nitrogens with zero attached hydrogens (tertiary/aromatic N) is 5. The smallest absolute Gasteiger partial charge is 0.332 e. The minimum atomic E-state index is -0.103. The second kappa shape index (κ2) is 9.51. The van der Waals surface area contributed by atoms with Crippen LogP contribution in [0.1, 0.15) is 31.7 Å². The average Bonchev–Trinajstić information content (AvgIpc) is 3.44. The maximum Gasteiger partial charge on any atom is 0.332 e. The molecule has 0 atom stereocenters. The predicted molar refractivity (Wildman–Crippen MR) is 133 cm³/mol. The summed E-state index contributed by atoms with van der Waals surface area (Å²) in [6.07, 6.45) is 8.41. The molecule has 34 heavy (non-hydrogen) atoms. The van der Waals surface area contributed by atoms with Gasteiger partial charge in [-0.15, -0.1) is 0 Å². The summed E-state index contributed by atoms with van der Waals surface area (Å²) >= 11 is 0. The zero-order valence-corrected chi connectivity index (χ0v) is 19.3. The Hall–Kier alpha value is -3.94. The molecule has 0 unspecified atom stereocenters. The van der Waals surface area contributed by atoms with Crippen LogP contribution in [0, 0.1) is 0 Å². The molecule has 1 aliphatic heterocycles. The van der Waals surface area contributed by atoms with Crippen molar-refractivity contribution < 1.29 is 4.79 Å². The van der Waals surface area contributed by atoms with Gasteiger partial charge in [0.2, 0.25) is 5.91 Å². The minimum absolute atomic E-state index is 0.103. The minimum Gasteiger partial charge on any atom is -0.343 e. The standard InChI is InChI=1S/C26H28N6O2/c1-2-19-6-3-7-20(16-19)29-25-22-17-21(9-10-23(22)27-18-28-25)32-15-14-31(26(32)34)13-5-12-30-11-4-8-24(30)33/h3,6-7,9-10,14-18H,2,4-5,8,11-13H2,1H3,(H,27,28,29). The van der Waals surface area contributed by atoms with Crippen LogP contribution in [-0.4, -0.2) is 43.0 Å². The Balaban J connectivity index is 1.38. The number of likely N-dealkylation sites (tertiary alicyclic amines) is 1. The lowest BCUT2D eigenvalue weighted by Gasteiger charge is -2.14. The number of nitrogens with one attached hydrogen (secondary N) is 1. The topological polar surface area (TPSA) is 85.1 Å². The number of aryl methyl sites for hydroxylation is 2. The molecule has 8 nitrogen and oxygen atoms in total. The summed E-state index contributed by atoms with van der Waals surface area (Å²) in [5.74, 6) is 0.914. The lowest BCUT2D eigenvalue weighted by atomic mass is 10.1. The Morgan fingerprint density at radius 3 is 2.76 bits per heavy atom. The first-order chi connectivity index (χ1) is 16.6. The van der Waals surface area contributed by atoms with Gasteiger partial charge in [-0.2, -0.15) is 0 Å². The molecule has 1 aliphatic rings. The third-order valence-electron chi connectivity index (χ3n) is 6.34. The van der Waals surface area contributed by atoms with Crippen LogP contribution >= 0.6 is 0 Å². The summed E-state index contributed by atoms with van der Waals surface area (Å²) in [5, 5.41) is 4.24. The number of hydrogen-bond acceptors (Lipinski definition) is 5. The molecule has 4 aromatic rings. The highest BCUT2D eigenvalue weighted by Gasteiger charge is 2.19. The van der Waals surface area contributed by atoms with Gasteiger partial charge >= 0.3 is 5.69 Å². The van der Waals surface area contributed by atoms with Crippen LogP contribution in [0.2, 0.25) is 0 Å². The molecular weight excluding hydrogens is 428 g/mol. The first kappa shape index (κ1) is 21.9. The lowest BCUT2D eigenvalue weighted by molar-refractivity contribution is -0.127. The number of aromatic nitrogens is 4. The van der Waals surface area contributed by atoms with Crippen molar-refractivity contribution in [2.75, 3.05) is 18.4 Å². The van der Waals surface area contributed by atoms with Gasteiger partial charge < -0.3 is 10.2 Å². The van der Waals surface area contributed by atoms with Crippen molar-refractivity contribution in [2.24, 2.45) is 0 Å². The zero-order chi connectivity index (χ0) is 23.5. The summed E-state index contributed by atoms with van der Waals surface area (Å²) < 4.78 is 3.33. The van der Waals surface area contributed by atoms with Crippen LogP contribution in [0.25, 0.3) is 16.6 Å². The van der Waals surface area contributed by atoms with E-state index in [2.05, 4.69) is 34.3 Å². The molecule has 1 saturated heterocycles. The predicted octanol–water partition coefficient (Wildman–Crippen LogP) is 3.90. The molecule has 1 N–H and O–H groups in total. The van der Waals surface area contributed by atoms with Crippen molar-refractivity contribution >= 4 is 28.3 Å². The monoisotopic (exact) mass is 456 g/mol. The van der Waals surface area contributed by atoms with Crippen molar-refractivity contribution in [3.05, 3.63) is 77.2 Å². The van der Waals surface area contributed by atoms with Gasteiger partial charge in [0, 0.05) is 49.5 Å². The Morgan fingerprint density at radius 2 is 1.94 bits per heavy atom. The van der Waals surface area contributed by atoms with Crippen LogP contribution in [0.4, 0.5) is 11.5 Å². The van der Waals surface area contributed by atoms with Gasteiger partial charge in [0.1, 0.15) is 12.1 Å². The number of carbonyl (C=O) groups excluding carboxylic acids is 1. The van der Waals surface area contributed by atoms with Crippen LogP contribution in [0.3, 0.4) is 0 Å². The number of rotatable bonds is 8. The van der Waals surface area contributed by atoms with Gasteiger partial charge in [-0.25, -0.2) is 14.8 Å². The fourth-order valence-electron chi connectivity index (χ4n) is 4.45. The summed E-state index contributed by atoms with van der Waals surface area (Å²) in [7, 11) is 0. The number of benzene rings is 2. The summed E-state index contributed by atoms with van der Waals surface area (Å²) in [6, 6.07) is 14.0. The van der Waals surface area contributed by atoms with Gasteiger partial charge in [-0.05, 0) is 55.2 Å². The summed E-state index contributed by atoms with van der Waals surface area (Å²) in [5.41, 5.74) is 3.66. The molecular formula is C26H28N6O2. The quantitative estimate of drug-likeness (QED) is 0.435. The highest BCUT2D eigenvalue weighted by molar-refractivity contribution is 5.92. The van der Waals surface area contributed by atoms with E-state index in [9.17, 15) is 9.59 Å². The Labute approximate surface area is 197 Å². The van der Waals surface area contributed by atoms with E-state index in [4.69, 9.17) is 0 Å². The van der Waals surface area contributed by atoms with Crippen molar-refractivity contribution in [1.29, 1.82) is 0 Å². The van der Waals surface area contributed by atoms with Crippen molar-refractivity contribution in [3.63, 3.8) is 0 Å². The fourth-order valence-corrected chi connectivity index (χ4v) is 4.45. The van der Waals surface area contributed by atoms with Crippen molar-refractivity contribution in [1.82, 2.24) is 24.0 Å². The van der Waals surface area contributed by atoms with Gasteiger partial charge in [-0.1, -0.05) is 19.1 Å². The lowest BCUT2D eigenvalue weighted by Crippen LogP contribution is -2.28. The molecule has 0 aliphatic carbocycles. The first-order valence-electron chi connectivity index (χ1n) is 11.8. The number of fused-ring (bicyclic) bond motifs is 1. The van der Waals surface area contributed by atoms with Crippen LogP contribution < -0.4 is 11.0 Å². The third kappa shape index (κ3) is 4.44. The van der Waals surface area contributed by atoms with E-state index in [1.54, 1.807) is 27.9 Å². The normalized spacial score (nSPS) is 13.7. The first-order valence-corrected chi connectivity index (χ1v) is 11.8. The SMILES string of the molecule is CCc1cccc(Nc2ncnc3ccc(-n4ccn(CCCN5CCCC5=O)c4=O)cc23)c1. The van der Waals surface area contributed by atoms with E-state index >= 15 is 0 Å². The highest BCUT2D eigenvalue weighted by Crippen LogP contribution is 2.25. The van der Waals surface area contributed by atoms with E-state index in [0.717, 1.165) is 48.1 Å². The molecule has 174 valence electrons. The van der Waals surface area contributed by atoms with Gasteiger partial charge in [-0.3, -0.25) is 13.9 Å². The Bertz CT molecular complexity index is 1390. The van der Waals surface area contributed by atoms with Crippen molar-refractivity contribution in [3.8, 4) is 5.69 Å². The second-order valence-electron chi connectivity index (χ2n) is 8.58. The second-order valence-corrected chi connectivity index (χ2v) is 8.58. The molecule has 0 radical (unpaired) electrons. The number of anilines is 2. The maximum atomic E-state index is 13.0. The van der Waals surface area contributed by atoms with E-state index < -0.39 is 0 Å². The molecule has 1 amide bonds. The van der Waals surface area contributed by atoms with Gasteiger partial charge in [0.25, 0.3) is 0 Å². The summed E-state index contributed by atoms with van der Waals surface area (Å²) in [6.45, 7) is 4.22. The zero-order valence-electron chi connectivity index (χ0n) is 19.3. The molecule has 2 aromatic carbocycles. The maximum absolute atomic E-state index is 13.0. The molecule has 5 rings (SSSR count). The third-order valence-corrected chi connectivity index (χ3v) is 6.34. The van der Waals surface area contributed by atoms with Crippen LogP contribution in [-0.2, 0) is 17.8 Å². The van der Waals surface area contributed by atoms with E-state index in [0.29, 0.717) is 25.3 Å². The molecule has 1 fully saturated rings. The molecule has 0 bridgehead atoms. The molecule has 0 spiro atoms. The van der Waals surface area contributed by atoms with E-state index in [1.165, 1.54) is 5.56 Å². The van der Waals surface area contributed by atoms with Crippen LogP contribution in [0.5, 0.6) is 0 Å². The summed E-state index contributed by atoms with van der Waals surface area (Å²) in [4.78, 5) is 35.6. The Kier molecular flexibility index (Phi) is 6.12. The molecule has 8 heteroatoms. The van der Waals surface area contributed by atoms with E-state index in [-0.39, 0.29) is 11.6 Å². The van der Waals surface area contributed by atoms with Crippen molar-refractivity contribution in [2.45, 2.75) is 39.2 Å². The molecule has 0 saturated carbocycles. The van der Waals surface area contributed by atoms with Crippen LogP contribution in [0.15, 0.2) is 66.0 Å². The van der Waals surface area contributed by atoms with Gasteiger partial charge in [0.15, 0.2) is 0 Å². The van der Waals surface area contributed by atoms with E-state index in [1.807, 2.05) is 35.2 Å². The fraction of sp³-hybridized carbons (Fsp3) is 0.308. The van der Waals surface area contributed by atoms with Gasteiger partial charge in [0.05, 0.1) is 11.2 Å². The number of amides is 1. The largest absolute Gasteiger partial charge is 0.343 e. The Morgan fingerprint density at radius 1 is 1.03 bits per heavy atom. The molecule has 3 heterocycles. The number of imidazole rings is 1. The number of hydrogen-bond donors (Lipinski definition) is 1. The molecule has 2 aromatic heterocycles. The highest BCUT2D eigenvalue weighted by atomic mass is 16.2. The average molecular weight is 457 g/mol. The number of carbonyl (C=O) groups is 1.